The SMILES string of the molecule is CC1(C)CCCNC1CNC(=O)COc1ccc(Cl)cc1. The van der Waals surface area contributed by atoms with Gasteiger partial charge in [0.25, 0.3) is 5.91 Å². The number of piperidine rings is 1. The Balaban J connectivity index is 1.73. The van der Waals surface area contributed by atoms with Gasteiger partial charge in [-0.05, 0) is 49.1 Å². The molecule has 0 radical (unpaired) electrons. The van der Waals surface area contributed by atoms with Crippen molar-refractivity contribution in [1.29, 1.82) is 0 Å². The van der Waals surface area contributed by atoms with Crippen LogP contribution in [-0.2, 0) is 4.79 Å². The molecule has 1 fully saturated rings. The molecule has 1 saturated heterocycles. The first kappa shape index (κ1) is 16.1. The number of rotatable bonds is 5. The minimum atomic E-state index is -0.104. The predicted octanol–water partition coefficient (Wildman–Crippen LogP) is 2.61. The second-order valence-electron chi connectivity index (χ2n) is 6.15. The lowest BCUT2D eigenvalue weighted by Gasteiger charge is -2.39. The number of benzene rings is 1. The van der Waals surface area contributed by atoms with E-state index in [1.54, 1.807) is 24.3 Å². The topological polar surface area (TPSA) is 50.4 Å². The van der Waals surface area contributed by atoms with E-state index in [1.807, 2.05) is 0 Å². The highest BCUT2D eigenvalue weighted by Crippen LogP contribution is 2.29. The molecule has 1 aromatic rings. The van der Waals surface area contributed by atoms with E-state index in [1.165, 1.54) is 12.8 Å². The molecular weight excluding hydrogens is 288 g/mol. The van der Waals surface area contributed by atoms with Crippen LogP contribution in [0, 0.1) is 5.41 Å². The van der Waals surface area contributed by atoms with Crippen LogP contribution in [-0.4, -0.2) is 31.6 Å². The van der Waals surface area contributed by atoms with Gasteiger partial charge in [0, 0.05) is 17.6 Å². The number of amides is 1. The zero-order valence-electron chi connectivity index (χ0n) is 12.6. The lowest BCUT2D eigenvalue weighted by molar-refractivity contribution is -0.123. The van der Waals surface area contributed by atoms with E-state index >= 15 is 0 Å². The molecule has 0 spiro atoms. The molecule has 116 valence electrons. The highest BCUT2D eigenvalue weighted by atomic mass is 35.5. The fourth-order valence-electron chi connectivity index (χ4n) is 2.57. The number of nitrogens with one attached hydrogen (secondary N) is 2. The van der Waals surface area contributed by atoms with Crippen LogP contribution in [0.1, 0.15) is 26.7 Å². The third-order valence-corrected chi connectivity index (χ3v) is 4.27. The highest BCUT2D eigenvalue weighted by molar-refractivity contribution is 6.30. The molecule has 1 aromatic carbocycles. The van der Waals surface area contributed by atoms with Gasteiger partial charge in [0.2, 0.25) is 0 Å². The monoisotopic (exact) mass is 310 g/mol. The third-order valence-electron chi connectivity index (χ3n) is 4.02. The molecule has 5 heteroatoms. The number of carbonyl (C=O) groups excluding carboxylic acids is 1. The normalized spacial score (nSPS) is 20.8. The summed E-state index contributed by atoms with van der Waals surface area (Å²) in [6.07, 6.45) is 2.37. The van der Waals surface area contributed by atoms with Crippen LogP contribution in [0.2, 0.25) is 5.02 Å². The first-order valence-electron chi connectivity index (χ1n) is 7.36. The van der Waals surface area contributed by atoms with Gasteiger partial charge in [-0.25, -0.2) is 0 Å². The fraction of sp³-hybridized carbons (Fsp3) is 0.562. The second kappa shape index (κ2) is 7.14. The lowest BCUT2D eigenvalue weighted by Crippen LogP contribution is -2.53. The second-order valence-corrected chi connectivity index (χ2v) is 6.58. The molecular formula is C16H23ClN2O2. The van der Waals surface area contributed by atoms with E-state index in [0.29, 0.717) is 23.4 Å². The van der Waals surface area contributed by atoms with Crippen molar-refractivity contribution in [3.05, 3.63) is 29.3 Å². The van der Waals surface area contributed by atoms with Crippen molar-refractivity contribution < 1.29 is 9.53 Å². The Kier molecular flexibility index (Phi) is 5.48. The van der Waals surface area contributed by atoms with Crippen LogP contribution >= 0.6 is 11.6 Å². The van der Waals surface area contributed by atoms with Crippen molar-refractivity contribution in [3.8, 4) is 5.75 Å². The summed E-state index contributed by atoms with van der Waals surface area (Å²) >= 11 is 5.80. The molecule has 2 rings (SSSR count). The minimum absolute atomic E-state index is 0.0226. The number of ether oxygens (including phenoxy) is 1. The maximum atomic E-state index is 11.8. The summed E-state index contributed by atoms with van der Waals surface area (Å²) in [5.74, 6) is 0.541. The van der Waals surface area contributed by atoms with Crippen LogP contribution in [0.3, 0.4) is 0 Å². The summed E-state index contributed by atoms with van der Waals surface area (Å²) < 4.78 is 5.42. The molecule has 1 unspecified atom stereocenters. The Morgan fingerprint density at radius 2 is 2.14 bits per heavy atom. The number of hydrogen-bond acceptors (Lipinski definition) is 3. The first-order chi connectivity index (χ1) is 9.97. The Hall–Kier alpha value is -1.26. The van der Waals surface area contributed by atoms with E-state index in [4.69, 9.17) is 16.3 Å². The van der Waals surface area contributed by atoms with Gasteiger partial charge >= 0.3 is 0 Å². The average Bonchev–Trinajstić information content (AvgIpc) is 2.45. The van der Waals surface area contributed by atoms with E-state index in [-0.39, 0.29) is 17.9 Å². The molecule has 1 aliphatic heterocycles. The summed E-state index contributed by atoms with van der Waals surface area (Å²) in [6.45, 7) is 6.15. The Morgan fingerprint density at radius 1 is 1.43 bits per heavy atom. The minimum Gasteiger partial charge on any atom is -0.484 e. The van der Waals surface area contributed by atoms with Crippen molar-refractivity contribution in [3.63, 3.8) is 0 Å². The van der Waals surface area contributed by atoms with E-state index in [2.05, 4.69) is 24.5 Å². The standard InChI is InChI=1S/C16H23ClN2O2/c1-16(2)8-3-9-18-14(16)10-19-15(20)11-21-13-6-4-12(17)5-7-13/h4-7,14,18H,3,8-11H2,1-2H3,(H,19,20). The summed E-state index contributed by atoms with van der Waals surface area (Å²) in [5.41, 5.74) is 0.211. The molecule has 0 aromatic heterocycles. The van der Waals surface area contributed by atoms with Gasteiger partial charge in [-0.1, -0.05) is 25.4 Å². The molecule has 0 aliphatic carbocycles. The number of carbonyl (C=O) groups is 1. The molecule has 0 bridgehead atoms. The smallest absolute Gasteiger partial charge is 0.257 e. The van der Waals surface area contributed by atoms with E-state index in [0.717, 1.165) is 6.54 Å². The van der Waals surface area contributed by atoms with Crippen molar-refractivity contribution in [1.82, 2.24) is 10.6 Å². The zero-order valence-corrected chi connectivity index (χ0v) is 13.4. The van der Waals surface area contributed by atoms with Gasteiger partial charge in [-0.3, -0.25) is 4.79 Å². The molecule has 1 heterocycles. The quantitative estimate of drug-likeness (QED) is 0.879. The molecule has 4 nitrogen and oxygen atoms in total. The van der Waals surface area contributed by atoms with Crippen LogP contribution in [0.15, 0.2) is 24.3 Å². The largest absolute Gasteiger partial charge is 0.484 e. The van der Waals surface area contributed by atoms with E-state index < -0.39 is 0 Å². The Labute approximate surface area is 131 Å². The summed E-state index contributed by atoms with van der Waals surface area (Å²) in [6, 6.07) is 7.29. The molecule has 1 atom stereocenters. The summed E-state index contributed by atoms with van der Waals surface area (Å²) in [5, 5.41) is 7.06. The fourth-order valence-corrected chi connectivity index (χ4v) is 2.69. The lowest BCUT2D eigenvalue weighted by atomic mass is 9.77. The highest BCUT2D eigenvalue weighted by Gasteiger charge is 2.31. The van der Waals surface area contributed by atoms with Gasteiger partial charge in [0.1, 0.15) is 5.75 Å². The van der Waals surface area contributed by atoms with Crippen molar-refractivity contribution in [2.24, 2.45) is 5.41 Å². The Morgan fingerprint density at radius 3 is 2.81 bits per heavy atom. The molecule has 2 N–H and O–H groups in total. The van der Waals surface area contributed by atoms with Crippen molar-refractivity contribution >= 4 is 17.5 Å². The maximum absolute atomic E-state index is 11.8. The number of halogens is 1. The summed E-state index contributed by atoms with van der Waals surface area (Å²) in [7, 11) is 0. The average molecular weight is 311 g/mol. The first-order valence-corrected chi connectivity index (χ1v) is 7.74. The zero-order chi connectivity index (χ0) is 15.3. The molecule has 1 amide bonds. The van der Waals surface area contributed by atoms with Crippen LogP contribution in [0.4, 0.5) is 0 Å². The van der Waals surface area contributed by atoms with Crippen molar-refractivity contribution in [2.75, 3.05) is 19.7 Å². The molecule has 21 heavy (non-hydrogen) atoms. The summed E-state index contributed by atoms with van der Waals surface area (Å²) in [4.78, 5) is 11.8. The van der Waals surface area contributed by atoms with Gasteiger partial charge in [0.05, 0.1) is 0 Å². The van der Waals surface area contributed by atoms with Gasteiger partial charge in [0.15, 0.2) is 6.61 Å². The van der Waals surface area contributed by atoms with Crippen molar-refractivity contribution in [2.45, 2.75) is 32.7 Å². The van der Waals surface area contributed by atoms with Gasteiger partial charge < -0.3 is 15.4 Å². The molecule has 1 aliphatic rings. The molecule has 0 saturated carbocycles. The maximum Gasteiger partial charge on any atom is 0.257 e. The van der Waals surface area contributed by atoms with Crippen LogP contribution < -0.4 is 15.4 Å². The van der Waals surface area contributed by atoms with Crippen LogP contribution in [0.5, 0.6) is 5.75 Å². The Bertz CT molecular complexity index is 474. The predicted molar refractivity (Wildman–Crippen MR) is 84.8 cm³/mol. The number of hydrogen-bond donors (Lipinski definition) is 2. The third kappa shape index (κ3) is 4.90. The van der Waals surface area contributed by atoms with Crippen LogP contribution in [0.25, 0.3) is 0 Å². The van der Waals surface area contributed by atoms with Gasteiger partial charge in [-0.2, -0.15) is 0 Å². The van der Waals surface area contributed by atoms with E-state index in [9.17, 15) is 4.79 Å². The van der Waals surface area contributed by atoms with Gasteiger partial charge in [-0.15, -0.1) is 0 Å².